The molecule has 4 aromatic rings. The molecule has 0 radical (unpaired) electrons. The molecule has 0 aliphatic carbocycles. The van der Waals surface area contributed by atoms with Gasteiger partial charge in [-0.25, -0.2) is 8.42 Å². The summed E-state index contributed by atoms with van der Waals surface area (Å²) in [6.07, 6.45) is 0. The van der Waals surface area contributed by atoms with Gasteiger partial charge in [0.2, 0.25) is 10.0 Å². The lowest BCUT2D eigenvalue weighted by atomic mass is 10.2. The van der Waals surface area contributed by atoms with Crippen molar-refractivity contribution in [2.75, 3.05) is 0 Å². The summed E-state index contributed by atoms with van der Waals surface area (Å²) in [6.45, 7) is 1.90. The Morgan fingerprint density at radius 3 is 1.81 bits per heavy atom. The molecule has 0 amide bonds. The number of aryl methyl sites for hydroxylation is 1. The first kappa shape index (κ1) is 21.7. The van der Waals surface area contributed by atoms with Gasteiger partial charge in [-0.05, 0) is 30.5 Å². The van der Waals surface area contributed by atoms with Crippen LogP contribution in [0.5, 0.6) is 0 Å². The van der Waals surface area contributed by atoms with Gasteiger partial charge in [0.25, 0.3) is 0 Å². The van der Waals surface area contributed by atoms with E-state index in [1.807, 2.05) is 60.8 Å². The van der Waals surface area contributed by atoms with Crippen molar-refractivity contribution in [3.05, 3.63) is 113 Å². The second kappa shape index (κ2) is 8.93. The molecule has 31 heavy (non-hydrogen) atoms. The van der Waals surface area contributed by atoms with Crippen LogP contribution in [0.4, 0.5) is 0 Å². The van der Waals surface area contributed by atoms with Crippen molar-refractivity contribution in [1.82, 2.24) is 4.72 Å². The van der Waals surface area contributed by atoms with Crippen LogP contribution in [-0.2, 0) is 14.6 Å². The van der Waals surface area contributed by atoms with E-state index in [0.29, 0.717) is 15.5 Å². The Bertz CT molecular complexity index is 1240. The highest BCUT2D eigenvalue weighted by Crippen LogP contribution is 2.57. The zero-order chi connectivity index (χ0) is 21.9. The average molecular weight is 468 g/mol. The lowest BCUT2D eigenvalue weighted by Crippen LogP contribution is -2.34. The third kappa shape index (κ3) is 4.43. The van der Waals surface area contributed by atoms with Crippen molar-refractivity contribution in [2.24, 2.45) is 0 Å². The molecule has 1 N–H and O–H groups in total. The van der Waals surface area contributed by atoms with E-state index in [1.54, 1.807) is 48.5 Å². The Morgan fingerprint density at radius 2 is 1.32 bits per heavy atom. The van der Waals surface area contributed by atoms with Crippen molar-refractivity contribution in [2.45, 2.75) is 17.6 Å². The van der Waals surface area contributed by atoms with E-state index in [0.717, 1.165) is 5.56 Å². The molecular formula is C24H22NO3PS2. The van der Waals surface area contributed by atoms with Gasteiger partial charge in [-0.15, -0.1) is 11.3 Å². The number of hydrogen-bond donors (Lipinski definition) is 1. The number of rotatable bonds is 7. The van der Waals surface area contributed by atoms with Gasteiger partial charge in [0.05, 0.1) is 4.90 Å². The molecule has 0 saturated heterocycles. The molecular weight excluding hydrogens is 445 g/mol. The van der Waals surface area contributed by atoms with Crippen LogP contribution in [0.3, 0.4) is 0 Å². The first-order valence-corrected chi connectivity index (χ1v) is 13.9. The average Bonchev–Trinajstić information content (AvgIpc) is 3.33. The van der Waals surface area contributed by atoms with Crippen molar-refractivity contribution in [3.8, 4) is 0 Å². The van der Waals surface area contributed by atoms with Gasteiger partial charge in [-0.1, -0.05) is 84.4 Å². The summed E-state index contributed by atoms with van der Waals surface area (Å²) >= 11 is 1.39. The SMILES string of the molecule is Cc1ccc(S(=O)(=O)NC(c2cccs2)P(=O)(c2ccccc2)c2ccccc2)cc1. The van der Waals surface area contributed by atoms with Gasteiger partial charge in [0.15, 0.2) is 7.14 Å². The summed E-state index contributed by atoms with van der Waals surface area (Å²) in [5, 5.41) is 3.07. The second-order valence-corrected chi connectivity index (χ2v) is 12.7. The van der Waals surface area contributed by atoms with E-state index in [1.165, 1.54) is 11.3 Å². The molecule has 4 nitrogen and oxygen atoms in total. The van der Waals surface area contributed by atoms with E-state index in [4.69, 9.17) is 0 Å². The number of nitrogens with one attached hydrogen (secondary N) is 1. The van der Waals surface area contributed by atoms with E-state index in [9.17, 15) is 13.0 Å². The van der Waals surface area contributed by atoms with Crippen molar-refractivity contribution >= 4 is 39.1 Å². The number of sulfonamides is 1. The Labute approximate surface area is 187 Å². The topological polar surface area (TPSA) is 63.2 Å². The molecule has 0 saturated carbocycles. The van der Waals surface area contributed by atoms with Crippen LogP contribution in [-0.4, -0.2) is 8.42 Å². The summed E-state index contributed by atoms with van der Waals surface area (Å²) in [6, 6.07) is 28.5. The molecule has 0 bridgehead atoms. The molecule has 1 unspecified atom stereocenters. The molecule has 1 aromatic heterocycles. The third-order valence-electron chi connectivity index (χ3n) is 5.05. The van der Waals surface area contributed by atoms with Crippen LogP contribution in [0.25, 0.3) is 0 Å². The minimum atomic E-state index is -3.92. The lowest BCUT2D eigenvalue weighted by molar-refractivity contribution is 0.561. The summed E-state index contributed by atoms with van der Waals surface area (Å²) in [4.78, 5) is 0.846. The van der Waals surface area contributed by atoms with Gasteiger partial charge in [0.1, 0.15) is 5.78 Å². The first-order valence-electron chi connectivity index (χ1n) is 9.74. The summed E-state index contributed by atoms with van der Waals surface area (Å²) in [7, 11) is -7.35. The molecule has 0 spiro atoms. The Kier molecular flexibility index (Phi) is 6.26. The van der Waals surface area contributed by atoms with Crippen LogP contribution >= 0.6 is 18.5 Å². The molecule has 158 valence electrons. The Balaban J connectivity index is 1.90. The quantitative estimate of drug-likeness (QED) is 0.387. The molecule has 0 aliphatic heterocycles. The van der Waals surface area contributed by atoms with Crippen LogP contribution < -0.4 is 15.3 Å². The van der Waals surface area contributed by atoms with Gasteiger partial charge in [-0.3, -0.25) is 0 Å². The second-order valence-electron chi connectivity index (χ2n) is 7.18. The van der Waals surface area contributed by atoms with E-state index in [2.05, 4.69) is 4.72 Å². The van der Waals surface area contributed by atoms with Crippen LogP contribution in [0.15, 0.2) is 107 Å². The monoisotopic (exact) mass is 467 g/mol. The highest BCUT2D eigenvalue weighted by Gasteiger charge is 2.41. The van der Waals surface area contributed by atoms with Crippen LogP contribution in [0.2, 0.25) is 0 Å². The summed E-state index contributed by atoms with van der Waals surface area (Å²) in [5.41, 5.74) is 0.966. The summed E-state index contributed by atoms with van der Waals surface area (Å²) in [5.74, 6) is -0.927. The van der Waals surface area contributed by atoms with Crippen LogP contribution in [0.1, 0.15) is 16.2 Å². The number of hydrogen-bond acceptors (Lipinski definition) is 4. The standard InChI is InChI=1S/C24H22NO3PS2/c1-19-14-16-22(17-15-19)31(27,28)25-24(23-13-8-18-30-23)29(26,20-9-4-2-5-10-20)21-11-6-3-7-12-21/h2-18,24-25H,1H3. The largest absolute Gasteiger partial charge is 0.312 e. The van der Waals surface area contributed by atoms with E-state index in [-0.39, 0.29) is 4.90 Å². The molecule has 0 fully saturated rings. The normalized spacial score (nSPS) is 13.1. The molecule has 3 aromatic carbocycles. The first-order chi connectivity index (χ1) is 14.9. The molecule has 7 heteroatoms. The Hall–Kier alpha value is -2.50. The zero-order valence-electron chi connectivity index (χ0n) is 16.9. The molecule has 4 rings (SSSR count). The maximum absolute atomic E-state index is 14.9. The maximum Gasteiger partial charge on any atom is 0.241 e. The molecule has 0 aliphatic rings. The molecule has 1 heterocycles. The fourth-order valence-electron chi connectivity index (χ4n) is 3.44. The lowest BCUT2D eigenvalue weighted by Gasteiger charge is -2.29. The van der Waals surface area contributed by atoms with Gasteiger partial charge < -0.3 is 4.57 Å². The highest BCUT2D eigenvalue weighted by atomic mass is 32.2. The van der Waals surface area contributed by atoms with Crippen LogP contribution in [0, 0.1) is 6.92 Å². The maximum atomic E-state index is 14.9. The number of thiophene rings is 1. The molecule has 1 atom stereocenters. The van der Waals surface area contributed by atoms with Crippen molar-refractivity contribution in [3.63, 3.8) is 0 Å². The predicted octanol–water partition coefficient (Wildman–Crippen LogP) is 5.05. The van der Waals surface area contributed by atoms with E-state index >= 15 is 0 Å². The zero-order valence-corrected chi connectivity index (χ0v) is 19.4. The summed E-state index contributed by atoms with van der Waals surface area (Å²) < 4.78 is 44.3. The van der Waals surface area contributed by atoms with E-state index < -0.39 is 22.9 Å². The fourth-order valence-corrected chi connectivity index (χ4v) is 9.43. The minimum Gasteiger partial charge on any atom is -0.312 e. The minimum absolute atomic E-state index is 0.146. The highest BCUT2D eigenvalue weighted by molar-refractivity contribution is 7.90. The Morgan fingerprint density at radius 1 is 0.774 bits per heavy atom. The predicted molar refractivity (Wildman–Crippen MR) is 128 cm³/mol. The smallest absolute Gasteiger partial charge is 0.241 e. The van der Waals surface area contributed by atoms with Gasteiger partial charge in [-0.2, -0.15) is 4.72 Å². The number of benzene rings is 3. The third-order valence-corrected chi connectivity index (χ3v) is 11.0. The fraction of sp³-hybridized carbons (Fsp3) is 0.0833. The van der Waals surface area contributed by atoms with Gasteiger partial charge >= 0.3 is 0 Å². The van der Waals surface area contributed by atoms with Crippen molar-refractivity contribution < 1.29 is 13.0 Å². The van der Waals surface area contributed by atoms with Crippen molar-refractivity contribution in [1.29, 1.82) is 0 Å². The van der Waals surface area contributed by atoms with Gasteiger partial charge in [0, 0.05) is 15.5 Å².